The van der Waals surface area contributed by atoms with E-state index in [1.165, 1.54) is 30.6 Å². The molecular formula is C13H10BrNO4S. The van der Waals surface area contributed by atoms with Crippen molar-refractivity contribution in [1.82, 2.24) is 3.97 Å². The molecule has 0 aliphatic carbocycles. The Morgan fingerprint density at radius 3 is 2.35 bits per heavy atom. The number of rotatable bonds is 4. The van der Waals surface area contributed by atoms with Crippen LogP contribution in [-0.4, -0.2) is 23.5 Å². The van der Waals surface area contributed by atoms with E-state index in [0.29, 0.717) is 0 Å². The van der Waals surface area contributed by atoms with Crippen molar-refractivity contribution < 1.29 is 18.3 Å². The largest absolute Gasteiger partial charge is 0.478 e. The summed E-state index contributed by atoms with van der Waals surface area (Å²) >= 11 is 3.23. The molecule has 1 heterocycles. The van der Waals surface area contributed by atoms with Gasteiger partial charge >= 0.3 is 5.97 Å². The van der Waals surface area contributed by atoms with Crippen LogP contribution in [0.5, 0.6) is 0 Å². The summed E-state index contributed by atoms with van der Waals surface area (Å²) in [6.07, 6.45) is 2.52. The summed E-state index contributed by atoms with van der Waals surface area (Å²) < 4.78 is 26.4. The third-order valence-electron chi connectivity index (χ3n) is 2.66. The molecule has 0 saturated carbocycles. The highest BCUT2D eigenvalue weighted by molar-refractivity contribution is 9.10. The first-order chi connectivity index (χ1) is 9.32. The van der Waals surface area contributed by atoms with Crippen LogP contribution in [-0.2, 0) is 14.8 Å². The molecule has 0 bridgehead atoms. The second kappa shape index (κ2) is 5.26. The summed E-state index contributed by atoms with van der Waals surface area (Å²) in [5.41, 5.74) is 0.0907. The van der Waals surface area contributed by atoms with E-state index in [-0.39, 0.29) is 16.0 Å². The molecule has 1 N–H and O–H groups in total. The quantitative estimate of drug-likeness (QED) is 0.855. The number of carboxylic acid groups (broad SMARTS) is 1. The fourth-order valence-corrected chi connectivity index (χ4v) is 3.02. The van der Waals surface area contributed by atoms with Crippen LogP contribution in [0.4, 0.5) is 0 Å². The molecule has 2 aromatic rings. The normalized spacial score (nSPS) is 11.2. The minimum atomic E-state index is -3.73. The summed E-state index contributed by atoms with van der Waals surface area (Å²) in [5, 5.41) is 8.83. The molecule has 1 aromatic heterocycles. The molecule has 1 aromatic carbocycles. The van der Waals surface area contributed by atoms with E-state index in [2.05, 4.69) is 22.5 Å². The maximum absolute atomic E-state index is 12.3. The molecule has 0 amide bonds. The lowest BCUT2D eigenvalue weighted by Crippen LogP contribution is -2.10. The zero-order valence-electron chi connectivity index (χ0n) is 10.2. The topological polar surface area (TPSA) is 76.4 Å². The van der Waals surface area contributed by atoms with Crippen molar-refractivity contribution in [1.29, 1.82) is 0 Å². The summed E-state index contributed by atoms with van der Waals surface area (Å²) in [5.74, 6) is -1.19. The van der Waals surface area contributed by atoms with Gasteiger partial charge in [-0.2, -0.15) is 0 Å². The van der Waals surface area contributed by atoms with Crippen molar-refractivity contribution in [3.8, 4) is 0 Å². The van der Waals surface area contributed by atoms with E-state index in [0.717, 1.165) is 8.45 Å². The summed E-state index contributed by atoms with van der Waals surface area (Å²) in [6.45, 7) is 3.39. The van der Waals surface area contributed by atoms with E-state index in [1.807, 2.05) is 0 Å². The maximum Gasteiger partial charge on any atom is 0.335 e. The van der Waals surface area contributed by atoms with Crippen LogP contribution in [0.2, 0.25) is 0 Å². The van der Waals surface area contributed by atoms with Crippen molar-refractivity contribution in [3.63, 3.8) is 0 Å². The summed E-state index contributed by atoms with van der Waals surface area (Å²) in [4.78, 5) is 10.9. The number of aromatic nitrogens is 1. The van der Waals surface area contributed by atoms with Gasteiger partial charge in [-0.1, -0.05) is 22.5 Å². The number of nitrogens with zero attached hydrogens (tertiary/aromatic N) is 1. The molecule has 0 atom stereocenters. The molecular weight excluding hydrogens is 346 g/mol. The Morgan fingerprint density at radius 1 is 1.20 bits per heavy atom. The van der Waals surface area contributed by atoms with Gasteiger partial charge < -0.3 is 5.11 Å². The zero-order valence-corrected chi connectivity index (χ0v) is 12.6. The van der Waals surface area contributed by atoms with Crippen molar-refractivity contribution in [2.24, 2.45) is 0 Å². The molecule has 7 heteroatoms. The Balaban J connectivity index is 2.43. The minimum absolute atomic E-state index is 0.115. The third-order valence-corrected chi connectivity index (χ3v) is 4.84. The lowest BCUT2D eigenvalue weighted by molar-refractivity contribution is -0.130. The zero-order chi connectivity index (χ0) is 14.9. The lowest BCUT2D eigenvalue weighted by Gasteiger charge is -2.05. The molecule has 0 radical (unpaired) electrons. The smallest absolute Gasteiger partial charge is 0.335 e. The van der Waals surface area contributed by atoms with Crippen molar-refractivity contribution in [2.45, 2.75) is 4.90 Å². The number of halogens is 1. The maximum atomic E-state index is 12.3. The Kier molecular flexibility index (Phi) is 3.82. The molecule has 0 fully saturated rings. The van der Waals surface area contributed by atoms with Gasteiger partial charge in [0.25, 0.3) is 10.0 Å². The van der Waals surface area contributed by atoms with Crippen LogP contribution >= 0.6 is 15.9 Å². The molecule has 2 rings (SSSR count). The third kappa shape index (κ3) is 2.68. The van der Waals surface area contributed by atoms with Gasteiger partial charge in [-0.15, -0.1) is 0 Å². The molecule has 0 aliphatic rings. The first-order valence-corrected chi connectivity index (χ1v) is 7.67. The fraction of sp³-hybridized carbons (Fsp3) is 0. The van der Waals surface area contributed by atoms with E-state index in [1.54, 1.807) is 12.1 Å². The molecule has 0 saturated heterocycles. The van der Waals surface area contributed by atoms with Crippen LogP contribution in [0, 0.1) is 0 Å². The molecule has 0 spiro atoms. The van der Waals surface area contributed by atoms with Gasteiger partial charge in [-0.05, 0) is 30.3 Å². The minimum Gasteiger partial charge on any atom is -0.478 e. The monoisotopic (exact) mass is 355 g/mol. The molecule has 20 heavy (non-hydrogen) atoms. The van der Waals surface area contributed by atoms with E-state index >= 15 is 0 Å². The van der Waals surface area contributed by atoms with Gasteiger partial charge in [0.2, 0.25) is 0 Å². The Hall–Kier alpha value is -1.86. The van der Waals surface area contributed by atoms with Gasteiger partial charge in [0, 0.05) is 22.4 Å². The number of aliphatic carboxylic acids is 1. The SMILES string of the molecule is C=C(C(=O)O)c1ccn(S(=O)(=O)c2ccc(Br)cc2)c1. The highest BCUT2D eigenvalue weighted by atomic mass is 79.9. The molecule has 0 unspecified atom stereocenters. The predicted octanol–water partition coefficient (Wildman–Crippen LogP) is 2.59. The number of carboxylic acids is 1. The van der Waals surface area contributed by atoms with Crippen LogP contribution < -0.4 is 0 Å². The predicted molar refractivity (Wildman–Crippen MR) is 77.8 cm³/mol. The van der Waals surface area contributed by atoms with Crippen molar-refractivity contribution >= 4 is 37.5 Å². The van der Waals surface area contributed by atoms with E-state index in [4.69, 9.17) is 5.11 Å². The van der Waals surface area contributed by atoms with Crippen molar-refractivity contribution in [3.05, 3.63) is 59.3 Å². The van der Waals surface area contributed by atoms with Gasteiger partial charge in [0.1, 0.15) is 0 Å². The average Bonchev–Trinajstić information content (AvgIpc) is 2.88. The van der Waals surface area contributed by atoms with Crippen LogP contribution in [0.15, 0.2) is 58.7 Å². The Bertz CT molecular complexity index is 775. The number of hydrogen-bond donors (Lipinski definition) is 1. The highest BCUT2D eigenvalue weighted by Gasteiger charge is 2.18. The summed E-state index contributed by atoms with van der Waals surface area (Å²) in [7, 11) is -3.73. The first kappa shape index (κ1) is 14.5. The molecule has 0 aliphatic heterocycles. The molecule has 5 nitrogen and oxygen atoms in total. The fourth-order valence-electron chi connectivity index (χ4n) is 1.56. The summed E-state index contributed by atoms with van der Waals surface area (Å²) in [6, 6.07) is 7.56. The van der Waals surface area contributed by atoms with E-state index in [9.17, 15) is 13.2 Å². The van der Waals surface area contributed by atoms with Crippen LogP contribution in [0.3, 0.4) is 0 Å². The number of hydrogen-bond acceptors (Lipinski definition) is 3. The Morgan fingerprint density at radius 2 is 1.80 bits per heavy atom. The van der Waals surface area contributed by atoms with Crippen LogP contribution in [0.1, 0.15) is 5.56 Å². The second-order valence-corrected chi connectivity index (χ2v) is 6.73. The first-order valence-electron chi connectivity index (χ1n) is 5.44. The number of carbonyl (C=O) groups is 1. The average molecular weight is 356 g/mol. The highest BCUT2D eigenvalue weighted by Crippen LogP contribution is 2.20. The van der Waals surface area contributed by atoms with Crippen molar-refractivity contribution in [2.75, 3.05) is 0 Å². The number of benzene rings is 1. The lowest BCUT2D eigenvalue weighted by atomic mass is 10.2. The van der Waals surface area contributed by atoms with Gasteiger partial charge in [0.15, 0.2) is 0 Å². The molecule has 104 valence electrons. The Labute approximate surface area is 124 Å². The van der Waals surface area contributed by atoms with E-state index < -0.39 is 16.0 Å². The van der Waals surface area contributed by atoms with Gasteiger partial charge in [-0.25, -0.2) is 17.2 Å². The second-order valence-electron chi connectivity index (χ2n) is 3.97. The van der Waals surface area contributed by atoms with Gasteiger partial charge in [0.05, 0.1) is 10.5 Å². The van der Waals surface area contributed by atoms with Crippen LogP contribution in [0.25, 0.3) is 5.57 Å². The standard InChI is InChI=1S/C13H10BrNO4S/c1-9(13(16)17)10-6-7-15(8-10)20(18,19)12-4-2-11(14)3-5-12/h2-8H,1H2,(H,16,17). The van der Waals surface area contributed by atoms with Gasteiger partial charge in [-0.3, -0.25) is 0 Å².